The molecular weight excluding hydrogens is 450 g/mol. The maximum atomic E-state index is 13.1. The van der Waals surface area contributed by atoms with Gasteiger partial charge in [0.1, 0.15) is 22.7 Å². The Labute approximate surface area is 202 Å². The van der Waals surface area contributed by atoms with Gasteiger partial charge in [0.25, 0.3) is 0 Å². The molecule has 1 aliphatic heterocycles. The number of nitrogens with zero attached hydrogens (tertiary/aromatic N) is 3. The van der Waals surface area contributed by atoms with Crippen molar-refractivity contribution in [2.24, 2.45) is 5.92 Å². The lowest BCUT2D eigenvalue weighted by Crippen LogP contribution is -2.44. The quantitative estimate of drug-likeness (QED) is 0.515. The number of hydrogen-bond acceptors (Lipinski definition) is 8. The largest absolute Gasteiger partial charge is 0.492 e. The number of thiophene rings is 1. The molecule has 1 saturated heterocycles. The first-order chi connectivity index (χ1) is 16.6. The van der Waals surface area contributed by atoms with Crippen molar-refractivity contribution >= 4 is 50.7 Å². The number of aryl methyl sites for hydroxylation is 1. The van der Waals surface area contributed by atoms with Crippen molar-refractivity contribution in [1.29, 1.82) is 0 Å². The molecule has 3 heterocycles. The predicted octanol–water partition coefficient (Wildman–Crippen LogP) is 4.02. The second kappa shape index (κ2) is 9.60. The van der Waals surface area contributed by atoms with Gasteiger partial charge >= 0.3 is 0 Å². The van der Waals surface area contributed by atoms with Crippen LogP contribution in [0.4, 0.5) is 17.2 Å². The molecule has 2 aromatic heterocycles. The number of morpholine rings is 1. The first-order valence-electron chi connectivity index (χ1n) is 11.7. The Morgan fingerprint density at radius 3 is 2.97 bits per heavy atom. The molecule has 1 atom stereocenters. The van der Waals surface area contributed by atoms with E-state index in [2.05, 4.69) is 21.9 Å². The van der Waals surface area contributed by atoms with Crippen LogP contribution in [0, 0.1) is 5.92 Å². The first-order valence-corrected chi connectivity index (χ1v) is 12.5. The number of nitrogens with one attached hydrogen (secondary N) is 1. The predicted molar refractivity (Wildman–Crippen MR) is 136 cm³/mol. The molecule has 1 unspecified atom stereocenters. The summed E-state index contributed by atoms with van der Waals surface area (Å²) in [6.45, 7) is 8.94. The summed E-state index contributed by atoms with van der Waals surface area (Å²) in [4.78, 5) is 26.3. The summed E-state index contributed by atoms with van der Waals surface area (Å²) in [6, 6.07) is 3.74. The van der Waals surface area contributed by atoms with E-state index in [1.165, 1.54) is 10.4 Å². The monoisotopic (exact) mass is 479 g/mol. The van der Waals surface area contributed by atoms with Crippen LogP contribution in [0.5, 0.6) is 5.75 Å². The number of rotatable bonds is 6. The van der Waals surface area contributed by atoms with Crippen molar-refractivity contribution in [1.82, 2.24) is 14.9 Å². The molecular formula is C25H29N5O3S. The average Bonchev–Trinajstić information content (AvgIpc) is 3.24. The molecule has 0 spiro atoms. The van der Waals surface area contributed by atoms with Crippen LogP contribution in [-0.2, 0) is 22.4 Å². The lowest BCUT2D eigenvalue weighted by Gasteiger charge is -2.31. The second-order valence-corrected chi connectivity index (χ2v) is 9.61. The molecule has 0 radical (unpaired) electrons. The first kappa shape index (κ1) is 22.6. The summed E-state index contributed by atoms with van der Waals surface area (Å²) in [5.74, 6) is 1.66. The number of carbonyl (C=O) groups excluding carboxylic acids is 1. The van der Waals surface area contributed by atoms with Gasteiger partial charge in [-0.05, 0) is 43.4 Å². The number of ether oxygens (including phenoxy) is 2. The molecule has 2 aliphatic rings. The van der Waals surface area contributed by atoms with Crippen molar-refractivity contribution < 1.29 is 14.3 Å². The van der Waals surface area contributed by atoms with Gasteiger partial charge in [0.05, 0.1) is 30.9 Å². The molecule has 1 aliphatic carbocycles. The topological polar surface area (TPSA) is 103 Å². The SMILES string of the molecule is C=Cc1cc(Nc2ncnc3sc4c(c23)CCC(C(=O)N2CCOCC2)C4)c(OCC)cc1N. The van der Waals surface area contributed by atoms with Gasteiger partial charge in [0.15, 0.2) is 0 Å². The molecule has 178 valence electrons. The van der Waals surface area contributed by atoms with Crippen LogP contribution in [-0.4, -0.2) is 53.7 Å². The van der Waals surface area contributed by atoms with Crippen molar-refractivity contribution in [3.8, 4) is 5.75 Å². The van der Waals surface area contributed by atoms with Gasteiger partial charge in [-0.15, -0.1) is 11.3 Å². The molecule has 0 saturated carbocycles. The van der Waals surface area contributed by atoms with Crippen LogP contribution in [0.3, 0.4) is 0 Å². The Morgan fingerprint density at radius 2 is 2.21 bits per heavy atom. The number of hydrogen-bond donors (Lipinski definition) is 2. The third kappa shape index (κ3) is 4.21. The highest BCUT2D eigenvalue weighted by Crippen LogP contribution is 2.42. The molecule has 3 aromatic rings. The Morgan fingerprint density at radius 1 is 1.38 bits per heavy atom. The fourth-order valence-corrected chi connectivity index (χ4v) is 6.01. The van der Waals surface area contributed by atoms with Crippen LogP contribution < -0.4 is 15.8 Å². The van der Waals surface area contributed by atoms with Gasteiger partial charge in [0.2, 0.25) is 5.91 Å². The van der Waals surface area contributed by atoms with Crippen molar-refractivity contribution in [3.05, 3.63) is 41.0 Å². The number of aromatic nitrogens is 2. The molecule has 0 bridgehead atoms. The summed E-state index contributed by atoms with van der Waals surface area (Å²) in [5.41, 5.74) is 9.60. The zero-order valence-corrected chi connectivity index (χ0v) is 20.1. The lowest BCUT2D eigenvalue weighted by molar-refractivity contribution is -0.140. The second-order valence-electron chi connectivity index (χ2n) is 8.52. The summed E-state index contributed by atoms with van der Waals surface area (Å²) in [5, 5.41) is 4.49. The number of anilines is 3. The Bertz CT molecular complexity index is 1240. The van der Waals surface area contributed by atoms with Gasteiger partial charge in [-0.25, -0.2) is 9.97 Å². The van der Waals surface area contributed by atoms with Gasteiger partial charge in [-0.2, -0.15) is 0 Å². The van der Waals surface area contributed by atoms with Crippen molar-refractivity contribution in [3.63, 3.8) is 0 Å². The van der Waals surface area contributed by atoms with Gasteiger partial charge in [-0.1, -0.05) is 12.7 Å². The molecule has 1 aromatic carbocycles. The Hall–Kier alpha value is -3.17. The zero-order chi connectivity index (χ0) is 23.7. The fraction of sp³-hybridized carbons (Fsp3) is 0.400. The van der Waals surface area contributed by atoms with Gasteiger partial charge < -0.3 is 25.4 Å². The zero-order valence-electron chi connectivity index (χ0n) is 19.3. The third-order valence-electron chi connectivity index (χ3n) is 6.48. The molecule has 34 heavy (non-hydrogen) atoms. The normalized spacial score (nSPS) is 17.9. The van der Waals surface area contributed by atoms with E-state index in [0.717, 1.165) is 46.5 Å². The smallest absolute Gasteiger partial charge is 0.226 e. The minimum absolute atomic E-state index is 0.0137. The number of fused-ring (bicyclic) bond motifs is 3. The van der Waals surface area contributed by atoms with E-state index in [0.29, 0.717) is 44.3 Å². The number of amides is 1. The summed E-state index contributed by atoms with van der Waals surface area (Å²) >= 11 is 1.66. The van der Waals surface area contributed by atoms with Gasteiger partial charge in [-0.3, -0.25) is 4.79 Å². The van der Waals surface area contributed by atoms with Crippen LogP contribution in [0.2, 0.25) is 0 Å². The van der Waals surface area contributed by atoms with E-state index >= 15 is 0 Å². The Balaban J connectivity index is 1.46. The van der Waals surface area contributed by atoms with Crippen molar-refractivity contribution in [2.75, 3.05) is 44.0 Å². The highest BCUT2D eigenvalue weighted by atomic mass is 32.1. The van der Waals surface area contributed by atoms with E-state index in [1.807, 2.05) is 24.0 Å². The molecule has 8 nitrogen and oxygen atoms in total. The minimum atomic E-state index is 0.0137. The number of benzene rings is 1. The number of nitrogen functional groups attached to an aromatic ring is 1. The van der Waals surface area contributed by atoms with Crippen LogP contribution >= 0.6 is 11.3 Å². The number of nitrogens with two attached hydrogens (primary N) is 1. The van der Waals surface area contributed by atoms with Gasteiger partial charge in [0, 0.05) is 35.6 Å². The Kier molecular flexibility index (Phi) is 6.38. The standard InChI is InChI=1S/C25H29N5O3S/c1-3-15-11-19(20(33-4-2)13-18(15)26)29-23-22-17-6-5-16(25(31)30-7-9-32-10-8-30)12-21(17)34-24(22)28-14-27-23/h3,11,13-14,16H,1,4-10,12,26H2,2H3,(H,27,28,29). The third-order valence-corrected chi connectivity index (χ3v) is 7.64. The van der Waals surface area contributed by atoms with Crippen LogP contribution in [0.15, 0.2) is 25.0 Å². The van der Waals surface area contributed by atoms with E-state index < -0.39 is 0 Å². The maximum absolute atomic E-state index is 13.1. The van der Waals surface area contributed by atoms with E-state index in [4.69, 9.17) is 15.2 Å². The number of carbonyl (C=O) groups is 1. The summed E-state index contributed by atoms with van der Waals surface area (Å²) < 4.78 is 11.2. The summed E-state index contributed by atoms with van der Waals surface area (Å²) in [6.07, 6.45) is 5.71. The fourth-order valence-electron chi connectivity index (χ4n) is 4.75. The molecule has 1 amide bonds. The molecule has 1 fully saturated rings. The maximum Gasteiger partial charge on any atom is 0.226 e. The van der Waals surface area contributed by atoms with Crippen LogP contribution in [0.25, 0.3) is 16.3 Å². The summed E-state index contributed by atoms with van der Waals surface area (Å²) in [7, 11) is 0. The van der Waals surface area contributed by atoms with E-state index in [-0.39, 0.29) is 11.8 Å². The van der Waals surface area contributed by atoms with Crippen molar-refractivity contribution in [2.45, 2.75) is 26.2 Å². The van der Waals surface area contributed by atoms with E-state index in [9.17, 15) is 4.79 Å². The van der Waals surface area contributed by atoms with Crippen LogP contribution in [0.1, 0.15) is 29.3 Å². The lowest BCUT2D eigenvalue weighted by atomic mass is 9.86. The molecule has 5 rings (SSSR count). The highest BCUT2D eigenvalue weighted by molar-refractivity contribution is 7.19. The van der Waals surface area contributed by atoms with E-state index in [1.54, 1.807) is 23.7 Å². The minimum Gasteiger partial charge on any atom is -0.492 e. The average molecular weight is 480 g/mol. The highest BCUT2D eigenvalue weighted by Gasteiger charge is 2.32. The molecule has 3 N–H and O–H groups in total. The molecule has 9 heteroatoms.